The lowest BCUT2D eigenvalue weighted by molar-refractivity contribution is 0.0270. The van der Waals surface area contributed by atoms with Crippen molar-refractivity contribution in [3.8, 4) is 11.1 Å². The summed E-state index contributed by atoms with van der Waals surface area (Å²) in [7, 11) is 0. The fourth-order valence-corrected chi connectivity index (χ4v) is 5.60. The summed E-state index contributed by atoms with van der Waals surface area (Å²) in [5, 5.41) is 4.59. The number of fused-ring (bicyclic) bond motifs is 1. The van der Waals surface area contributed by atoms with Gasteiger partial charge < -0.3 is 19.5 Å². The van der Waals surface area contributed by atoms with Crippen molar-refractivity contribution in [3.05, 3.63) is 112 Å². The number of nitrogens with zero attached hydrogens (tertiary/aromatic N) is 2. The quantitative estimate of drug-likeness (QED) is 0.264. The van der Waals surface area contributed by atoms with Crippen LogP contribution in [0.5, 0.6) is 0 Å². The Labute approximate surface area is 258 Å². The van der Waals surface area contributed by atoms with Crippen LogP contribution < -0.4 is 10.9 Å². The van der Waals surface area contributed by atoms with Gasteiger partial charge in [-0.3, -0.25) is 9.59 Å². The van der Waals surface area contributed by atoms with E-state index in [0.29, 0.717) is 36.6 Å². The number of benzene rings is 3. The first-order chi connectivity index (χ1) is 21.0. The molecule has 0 atom stereocenters. The topological polar surface area (TPSA) is 80.6 Å². The molecule has 0 radical (unpaired) electrons. The predicted molar refractivity (Wildman–Crippen MR) is 175 cm³/mol. The minimum Gasteiger partial charge on any atom is -0.444 e. The first-order valence-electron chi connectivity index (χ1n) is 15.4. The third-order valence-electron chi connectivity index (χ3n) is 8.24. The number of aromatic nitrogens is 1. The smallest absolute Gasteiger partial charge is 0.410 e. The second-order valence-electron chi connectivity index (χ2n) is 12.9. The molecule has 2 aliphatic rings. The number of hydrogen-bond acceptors (Lipinski definition) is 4. The van der Waals surface area contributed by atoms with Crippen molar-refractivity contribution in [2.24, 2.45) is 0 Å². The lowest BCUT2D eigenvalue weighted by Crippen LogP contribution is -2.39. The molecule has 4 aromatic rings. The van der Waals surface area contributed by atoms with Crippen LogP contribution in [0.15, 0.2) is 83.8 Å². The molecule has 226 valence electrons. The molecular formula is C37H39N3O4. The third kappa shape index (κ3) is 6.62. The summed E-state index contributed by atoms with van der Waals surface area (Å²) in [5.41, 5.74) is 6.53. The van der Waals surface area contributed by atoms with Crippen LogP contribution in [0.1, 0.15) is 67.1 Å². The number of carbonyl (C=O) groups is 2. The highest BCUT2D eigenvalue weighted by Gasteiger charge is 2.25. The van der Waals surface area contributed by atoms with E-state index in [1.54, 1.807) is 9.47 Å². The molecule has 2 heterocycles. The van der Waals surface area contributed by atoms with Crippen LogP contribution in [-0.4, -0.2) is 46.2 Å². The number of rotatable bonds is 6. The van der Waals surface area contributed by atoms with Crippen LogP contribution in [0.2, 0.25) is 0 Å². The summed E-state index contributed by atoms with van der Waals surface area (Å²) in [5.74, 6) is -0.0363. The molecular weight excluding hydrogens is 550 g/mol. The molecule has 0 bridgehead atoms. The van der Waals surface area contributed by atoms with Gasteiger partial charge in [0.25, 0.3) is 11.5 Å². The van der Waals surface area contributed by atoms with Crippen LogP contribution in [-0.2, 0) is 11.3 Å². The Morgan fingerprint density at radius 1 is 0.955 bits per heavy atom. The molecule has 1 N–H and O–H groups in total. The van der Waals surface area contributed by atoms with Crippen LogP contribution in [0, 0.1) is 6.92 Å². The highest BCUT2D eigenvalue weighted by Crippen LogP contribution is 2.29. The molecule has 1 aliphatic heterocycles. The summed E-state index contributed by atoms with van der Waals surface area (Å²) in [6, 6.07) is 22.3. The maximum atomic E-state index is 13.4. The van der Waals surface area contributed by atoms with E-state index in [1.165, 1.54) is 5.57 Å². The SMILES string of the molecule is Cc1ccc(C(=O)NC2CC2)cc1-c1ccc2c(=O)n(Cc3ccc(C4=CCN(C(=O)OC(C)(C)C)CC4)cc3)ccc2c1. The molecule has 0 unspecified atom stereocenters. The number of amides is 2. The maximum Gasteiger partial charge on any atom is 0.410 e. The van der Waals surface area contributed by atoms with Crippen molar-refractivity contribution >= 4 is 28.3 Å². The Kier molecular flexibility index (Phi) is 7.89. The molecule has 0 saturated heterocycles. The number of carbonyl (C=O) groups excluding carboxylic acids is 2. The molecule has 44 heavy (non-hydrogen) atoms. The van der Waals surface area contributed by atoms with Gasteiger partial charge in [-0.05, 0) is 116 Å². The standard InChI is InChI=1S/C37H39N3O4/c1-24-5-8-30(34(41)38-31-12-13-31)22-33(24)28-11-14-32-29(21-28)17-20-40(35(32)42)23-25-6-9-26(10-7-25)27-15-18-39(19-16-27)36(43)44-37(2,3)4/h5-11,14-15,17,20-22,31H,12-13,16,18-19,23H2,1-4H3,(H,38,41). The van der Waals surface area contributed by atoms with Gasteiger partial charge in [-0.15, -0.1) is 0 Å². The number of aryl methyl sites for hydroxylation is 1. The summed E-state index contributed by atoms with van der Waals surface area (Å²) in [6.07, 6.45) is 6.52. The van der Waals surface area contributed by atoms with Crippen molar-refractivity contribution < 1.29 is 14.3 Å². The van der Waals surface area contributed by atoms with Crippen LogP contribution >= 0.6 is 0 Å². The molecule has 1 saturated carbocycles. The lowest BCUT2D eigenvalue weighted by Gasteiger charge is -2.29. The van der Waals surface area contributed by atoms with Gasteiger partial charge in [0.15, 0.2) is 0 Å². The van der Waals surface area contributed by atoms with Crippen LogP contribution in [0.3, 0.4) is 0 Å². The normalized spacial score (nSPS) is 15.2. The maximum absolute atomic E-state index is 13.4. The largest absolute Gasteiger partial charge is 0.444 e. The molecule has 6 rings (SSSR count). The molecule has 0 spiro atoms. The molecule has 1 aliphatic carbocycles. The summed E-state index contributed by atoms with van der Waals surface area (Å²) < 4.78 is 7.24. The summed E-state index contributed by atoms with van der Waals surface area (Å²) in [6.45, 7) is 9.29. The second kappa shape index (κ2) is 11.8. The Morgan fingerprint density at radius 2 is 1.70 bits per heavy atom. The van der Waals surface area contributed by atoms with E-state index in [4.69, 9.17) is 4.74 Å². The fraction of sp³-hybridized carbons (Fsp3) is 0.324. The van der Waals surface area contributed by atoms with Crippen molar-refractivity contribution in [1.29, 1.82) is 0 Å². The third-order valence-corrected chi connectivity index (χ3v) is 8.24. The zero-order chi connectivity index (χ0) is 31.0. The Bertz CT molecular complexity index is 1820. The van der Waals surface area contributed by atoms with E-state index < -0.39 is 5.60 Å². The first-order valence-corrected chi connectivity index (χ1v) is 15.4. The number of pyridine rings is 1. The first kappa shape index (κ1) is 29.4. The minimum absolute atomic E-state index is 0.0363. The van der Waals surface area contributed by atoms with Crippen molar-refractivity contribution in [1.82, 2.24) is 14.8 Å². The Hall–Kier alpha value is -4.65. The van der Waals surface area contributed by atoms with E-state index in [1.807, 2.05) is 76.4 Å². The van der Waals surface area contributed by atoms with E-state index in [-0.39, 0.29) is 17.6 Å². The Balaban J connectivity index is 1.15. The van der Waals surface area contributed by atoms with Gasteiger partial charge in [-0.25, -0.2) is 4.79 Å². The molecule has 1 fully saturated rings. The monoisotopic (exact) mass is 589 g/mol. The fourth-order valence-electron chi connectivity index (χ4n) is 5.60. The van der Waals surface area contributed by atoms with E-state index in [9.17, 15) is 14.4 Å². The van der Waals surface area contributed by atoms with Crippen LogP contribution in [0.4, 0.5) is 4.79 Å². The number of ether oxygens (including phenoxy) is 1. The highest BCUT2D eigenvalue weighted by atomic mass is 16.6. The van der Waals surface area contributed by atoms with E-state index in [0.717, 1.165) is 52.5 Å². The van der Waals surface area contributed by atoms with Gasteiger partial charge in [-0.1, -0.05) is 42.5 Å². The molecule has 7 heteroatoms. The summed E-state index contributed by atoms with van der Waals surface area (Å²) in [4.78, 5) is 40.2. The van der Waals surface area contributed by atoms with Gasteiger partial charge in [0, 0.05) is 36.3 Å². The highest BCUT2D eigenvalue weighted by molar-refractivity contribution is 5.96. The van der Waals surface area contributed by atoms with Crippen molar-refractivity contribution in [2.75, 3.05) is 13.1 Å². The second-order valence-corrected chi connectivity index (χ2v) is 12.9. The summed E-state index contributed by atoms with van der Waals surface area (Å²) >= 11 is 0. The molecule has 7 nitrogen and oxygen atoms in total. The predicted octanol–water partition coefficient (Wildman–Crippen LogP) is 6.94. The average molecular weight is 590 g/mol. The lowest BCUT2D eigenvalue weighted by atomic mass is 9.96. The van der Waals surface area contributed by atoms with E-state index >= 15 is 0 Å². The van der Waals surface area contributed by atoms with Crippen molar-refractivity contribution in [2.45, 2.75) is 65.1 Å². The van der Waals surface area contributed by atoms with Gasteiger partial charge in [0.1, 0.15) is 5.60 Å². The molecule has 1 aromatic heterocycles. The molecule has 3 aromatic carbocycles. The van der Waals surface area contributed by atoms with Gasteiger partial charge >= 0.3 is 6.09 Å². The molecule has 2 amide bonds. The Morgan fingerprint density at radius 3 is 2.39 bits per heavy atom. The van der Waals surface area contributed by atoms with Crippen molar-refractivity contribution in [3.63, 3.8) is 0 Å². The van der Waals surface area contributed by atoms with Crippen LogP contribution in [0.25, 0.3) is 27.5 Å². The zero-order valence-corrected chi connectivity index (χ0v) is 25.9. The average Bonchev–Trinajstić information content (AvgIpc) is 3.82. The zero-order valence-electron chi connectivity index (χ0n) is 25.9. The van der Waals surface area contributed by atoms with Gasteiger partial charge in [0.05, 0.1) is 6.54 Å². The van der Waals surface area contributed by atoms with Gasteiger partial charge in [0.2, 0.25) is 0 Å². The van der Waals surface area contributed by atoms with E-state index in [2.05, 4.69) is 35.7 Å². The number of nitrogens with one attached hydrogen (secondary N) is 1. The number of hydrogen-bond donors (Lipinski definition) is 1. The minimum atomic E-state index is -0.506. The van der Waals surface area contributed by atoms with Gasteiger partial charge in [-0.2, -0.15) is 0 Å².